The lowest BCUT2D eigenvalue weighted by Gasteiger charge is -2.15. The fourth-order valence-corrected chi connectivity index (χ4v) is 5.57. The number of halogens is 2. The number of rotatable bonds is 12. The minimum Gasteiger partial charge on any atom is -0.490 e. The fraction of sp³-hybridized carbons (Fsp3) is 0.226. The number of nitrogens with zero attached hydrogens (tertiary/aromatic N) is 1. The van der Waals surface area contributed by atoms with Gasteiger partial charge in [0, 0.05) is 5.69 Å². The summed E-state index contributed by atoms with van der Waals surface area (Å²) >= 11 is 10.4. The van der Waals surface area contributed by atoms with E-state index >= 15 is 0 Å². The van der Waals surface area contributed by atoms with Gasteiger partial charge in [0.2, 0.25) is 5.91 Å². The molecule has 1 fully saturated rings. The Morgan fingerprint density at radius 3 is 2.53 bits per heavy atom. The summed E-state index contributed by atoms with van der Waals surface area (Å²) in [5.41, 5.74) is 1.95. The van der Waals surface area contributed by atoms with Crippen molar-refractivity contribution in [2.24, 2.45) is 0 Å². The van der Waals surface area contributed by atoms with Crippen LogP contribution in [0.5, 0.6) is 11.5 Å². The Bertz CT molecular complexity index is 1570. The maximum absolute atomic E-state index is 13.1. The highest BCUT2D eigenvalue weighted by atomic mass is 79.9. The molecule has 3 aromatic rings. The van der Waals surface area contributed by atoms with Crippen molar-refractivity contribution in [1.29, 1.82) is 0 Å². The van der Waals surface area contributed by atoms with Crippen molar-refractivity contribution in [3.63, 3.8) is 0 Å². The normalized spacial score (nSPS) is 13.8. The van der Waals surface area contributed by atoms with Crippen molar-refractivity contribution in [2.45, 2.75) is 26.9 Å². The zero-order valence-electron chi connectivity index (χ0n) is 23.4. The van der Waals surface area contributed by atoms with Crippen LogP contribution in [0, 0.1) is 0 Å². The first kappa shape index (κ1) is 32.1. The largest absolute Gasteiger partial charge is 0.490 e. The quantitative estimate of drug-likeness (QED) is 0.156. The maximum Gasteiger partial charge on any atom is 0.339 e. The molecular formula is C31H28BrClN2O7S. The van der Waals surface area contributed by atoms with E-state index in [2.05, 4.69) is 21.2 Å². The smallest absolute Gasteiger partial charge is 0.339 e. The number of benzene rings is 3. The van der Waals surface area contributed by atoms with Crippen LogP contribution in [0.1, 0.15) is 41.8 Å². The number of amides is 3. The van der Waals surface area contributed by atoms with E-state index in [1.165, 1.54) is 18.2 Å². The molecule has 0 aromatic heterocycles. The van der Waals surface area contributed by atoms with Gasteiger partial charge < -0.3 is 19.5 Å². The predicted molar refractivity (Wildman–Crippen MR) is 169 cm³/mol. The minimum absolute atomic E-state index is 0.0936. The van der Waals surface area contributed by atoms with E-state index in [4.69, 9.17) is 25.8 Å². The van der Waals surface area contributed by atoms with E-state index in [1.54, 1.807) is 18.2 Å². The molecule has 3 aromatic carbocycles. The third-order valence-electron chi connectivity index (χ3n) is 5.94. The molecule has 0 radical (unpaired) electrons. The summed E-state index contributed by atoms with van der Waals surface area (Å²) in [6.07, 6.45) is 2.20. The molecule has 1 N–H and O–H groups in total. The number of carbonyl (C=O) groups excluding carboxylic acids is 4. The number of hydrogen-bond donors (Lipinski definition) is 1. The first-order valence-corrected chi connectivity index (χ1v) is 15.3. The van der Waals surface area contributed by atoms with Crippen molar-refractivity contribution in [3.05, 3.63) is 91.8 Å². The molecule has 9 nitrogen and oxygen atoms in total. The molecule has 1 saturated heterocycles. The maximum atomic E-state index is 13.1. The molecule has 12 heteroatoms. The Morgan fingerprint density at radius 1 is 1.05 bits per heavy atom. The molecule has 1 heterocycles. The van der Waals surface area contributed by atoms with E-state index in [1.807, 2.05) is 44.2 Å². The van der Waals surface area contributed by atoms with Crippen LogP contribution in [0.3, 0.4) is 0 Å². The van der Waals surface area contributed by atoms with Gasteiger partial charge in [0.15, 0.2) is 11.5 Å². The Hall–Kier alpha value is -3.80. The van der Waals surface area contributed by atoms with Gasteiger partial charge >= 0.3 is 5.97 Å². The predicted octanol–water partition coefficient (Wildman–Crippen LogP) is 7.32. The SMILES string of the molecule is CCCOC(=O)c1cc(NC(=O)CN2C(=O)S/C(=C/c3cc(Br)c(OCc4ccccc4)c(OCC)c3)C2=O)ccc1Cl. The van der Waals surface area contributed by atoms with E-state index in [0.29, 0.717) is 41.2 Å². The molecule has 0 spiro atoms. The van der Waals surface area contributed by atoms with Gasteiger partial charge in [0.05, 0.1) is 33.2 Å². The summed E-state index contributed by atoms with van der Waals surface area (Å²) in [7, 11) is 0. The van der Waals surface area contributed by atoms with E-state index in [9.17, 15) is 19.2 Å². The number of ether oxygens (including phenoxy) is 3. The fourth-order valence-electron chi connectivity index (χ4n) is 3.97. The lowest BCUT2D eigenvalue weighted by atomic mass is 10.1. The summed E-state index contributed by atoms with van der Waals surface area (Å²) in [5.74, 6) is -0.868. The Kier molecular flexibility index (Phi) is 11.3. The van der Waals surface area contributed by atoms with Gasteiger partial charge in [-0.05, 0) is 88.6 Å². The third-order valence-corrected chi connectivity index (χ3v) is 7.76. The molecule has 4 rings (SSSR count). The molecular weight excluding hydrogens is 660 g/mol. The second-order valence-electron chi connectivity index (χ2n) is 9.18. The molecule has 0 atom stereocenters. The van der Waals surface area contributed by atoms with Crippen LogP contribution < -0.4 is 14.8 Å². The lowest BCUT2D eigenvalue weighted by molar-refractivity contribution is -0.127. The summed E-state index contributed by atoms with van der Waals surface area (Å²) in [6.45, 7) is 4.15. The summed E-state index contributed by atoms with van der Waals surface area (Å²) in [5, 5.41) is 2.18. The molecule has 0 aliphatic carbocycles. The third kappa shape index (κ3) is 8.40. The number of nitrogens with one attached hydrogen (secondary N) is 1. The van der Waals surface area contributed by atoms with Crippen molar-refractivity contribution in [2.75, 3.05) is 25.1 Å². The lowest BCUT2D eigenvalue weighted by Crippen LogP contribution is -2.36. The second kappa shape index (κ2) is 15.1. The van der Waals surface area contributed by atoms with Crippen LogP contribution in [0.2, 0.25) is 5.02 Å². The minimum atomic E-state index is -0.625. The van der Waals surface area contributed by atoms with Gasteiger partial charge in [-0.25, -0.2) is 4.79 Å². The standard InChI is InChI=1S/C31H28BrClN2O7S/c1-3-12-41-30(38)22-16-21(10-11-24(22)33)34-27(36)17-35-29(37)26(43-31(35)39)15-20-13-23(32)28(25(14-20)40-4-2)42-18-19-8-6-5-7-9-19/h5-11,13-16H,3-4,12,17-18H2,1-2H3,(H,34,36)/b26-15+. The Morgan fingerprint density at radius 2 is 1.81 bits per heavy atom. The first-order chi connectivity index (χ1) is 20.7. The molecule has 224 valence electrons. The highest BCUT2D eigenvalue weighted by Gasteiger charge is 2.36. The average Bonchev–Trinajstić information content (AvgIpc) is 3.24. The van der Waals surface area contributed by atoms with Gasteiger partial charge in [0.1, 0.15) is 13.2 Å². The first-order valence-electron chi connectivity index (χ1n) is 13.3. The topological polar surface area (TPSA) is 111 Å². The second-order valence-corrected chi connectivity index (χ2v) is 11.4. The van der Waals surface area contributed by atoms with Crippen molar-refractivity contribution >= 4 is 74.1 Å². The van der Waals surface area contributed by atoms with Crippen LogP contribution in [-0.4, -0.2) is 47.7 Å². The highest BCUT2D eigenvalue weighted by molar-refractivity contribution is 9.10. The number of carbonyl (C=O) groups is 4. The number of hydrogen-bond acceptors (Lipinski definition) is 8. The number of imide groups is 1. The molecule has 0 bridgehead atoms. The van der Waals surface area contributed by atoms with Gasteiger partial charge in [0.25, 0.3) is 11.1 Å². The van der Waals surface area contributed by atoms with E-state index < -0.39 is 29.6 Å². The molecule has 3 amide bonds. The van der Waals surface area contributed by atoms with Crippen LogP contribution in [0.4, 0.5) is 10.5 Å². The van der Waals surface area contributed by atoms with Crippen molar-refractivity contribution in [3.8, 4) is 11.5 Å². The van der Waals surface area contributed by atoms with Crippen LogP contribution in [0.15, 0.2) is 70.0 Å². The summed E-state index contributed by atoms with van der Waals surface area (Å²) < 4.78 is 17.5. The zero-order chi connectivity index (χ0) is 30.9. The number of esters is 1. The molecule has 43 heavy (non-hydrogen) atoms. The monoisotopic (exact) mass is 686 g/mol. The van der Waals surface area contributed by atoms with E-state index in [-0.39, 0.29) is 27.8 Å². The van der Waals surface area contributed by atoms with Gasteiger partial charge in [-0.15, -0.1) is 0 Å². The zero-order valence-corrected chi connectivity index (χ0v) is 26.5. The number of anilines is 1. The summed E-state index contributed by atoms with van der Waals surface area (Å²) in [4.78, 5) is 51.8. The van der Waals surface area contributed by atoms with Crippen molar-refractivity contribution < 1.29 is 33.4 Å². The van der Waals surface area contributed by atoms with Gasteiger partial charge in [-0.3, -0.25) is 19.3 Å². The highest BCUT2D eigenvalue weighted by Crippen LogP contribution is 2.39. The molecule has 0 saturated carbocycles. The van der Waals surface area contributed by atoms with Crippen LogP contribution in [0.25, 0.3) is 6.08 Å². The van der Waals surface area contributed by atoms with Gasteiger partial charge in [-0.1, -0.05) is 48.9 Å². The molecule has 1 aliphatic heterocycles. The van der Waals surface area contributed by atoms with Crippen molar-refractivity contribution in [1.82, 2.24) is 4.90 Å². The Balaban J connectivity index is 1.45. The molecule has 0 unspecified atom stereocenters. The van der Waals surface area contributed by atoms with Crippen LogP contribution in [-0.2, 0) is 20.9 Å². The summed E-state index contributed by atoms with van der Waals surface area (Å²) in [6, 6.07) is 17.5. The van der Waals surface area contributed by atoms with Crippen LogP contribution >= 0.6 is 39.3 Å². The number of thioether (sulfide) groups is 1. The van der Waals surface area contributed by atoms with Gasteiger partial charge in [-0.2, -0.15) is 0 Å². The molecule has 1 aliphatic rings. The Labute approximate surface area is 266 Å². The van der Waals surface area contributed by atoms with E-state index in [0.717, 1.165) is 22.2 Å². The average molecular weight is 688 g/mol.